The van der Waals surface area contributed by atoms with E-state index in [0.717, 1.165) is 25.2 Å². The molecule has 0 radical (unpaired) electrons. The van der Waals surface area contributed by atoms with Gasteiger partial charge in [-0.3, -0.25) is 0 Å². The summed E-state index contributed by atoms with van der Waals surface area (Å²) in [5.74, 6) is 1.66. The summed E-state index contributed by atoms with van der Waals surface area (Å²) >= 11 is 1.83. The molecular weight excluding hydrogens is 258 g/mol. The fourth-order valence-corrected chi connectivity index (χ4v) is 3.71. The Hall–Kier alpha value is -1.20. The van der Waals surface area contributed by atoms with Crippen LogP contribution in [0.5, 0.6) is 0 Å². The molecule has 5 heteroatoms. The lowest BCUT2D eigenvalue weighted by Gasteiger charge is -2.18. The molecule has 2 heterocycles. The third-order valence-electron chi connectivity index (χ3n) is 3.74. The fraction of sp³-hybridized carbons (Fsp3) is 0.571. The van der Waals surface area contributed by atoms with Crippen LogP contribution >= 0.6 is 11.3 Å². The zero-order valence-electron chi connectivity index (χ0n) is 11.1. The van der Waals surface area contributed by atoms with Gasteiger partial charge in [-0.05, 0) is 42.7 Å². The summed E-state index contributed by atoms with van der Waals surface area (Å²) in [6.07, 6.45) is 5.39. The SMILES string of the molecule is CCCC(N)c1noc(C2CCCc3sccc32)n1. The Labute approximate surface area is 117 Å². The lowest BCUT2D eigenvalue weighted by Crippen LogP contribution is -2.12. The van der Waals surface area contributed by atoms with Gasteiger partial charge >= 0.3 is 0 Å². The molecule has 4 nitrogen and oxygen atoms in total. The summed E-state index contributed by atoms with van der Waals surface area (Å²) in [4.78, 5) is 6.00. The minimum Gasteiger partial charge on any atom is -0.339 e. The topological polar surface area (TPSA) is 64.9 Å². The highest BCUT2D eigenvalue weighted by atomic mass is 32.1. The van der Waals surface area contributed by atoms with Gasteiger partial charge in [-0.2, -0.15) is 4.98 Å². The van der Waals surface area contributed by atoms with E-state index in [1.54, 1.807) is 0 Å². The number of hydrogen-bond acceptors (Lipinski definition) is 5. The summed E-state index contributed by atoms with van der Waals surface area (Å²) in [5.41, 5.74) is 7.41. The van der Waals surface area contributed by atoms with E-state index in [9.17, 15) is 0 Å². The first kappa shape index (κ1) is 12.8. The molecule has 3 rings (SSSR count). The van der Waals surface area contributed by atoms with Crippen molar-refractivity contribution in [1.82, 2.24) is 10.1 Å². The maximum atomic E-state index is 6.04. The highest BCUT2D eigenvalue weighted by Gasteiger charge is 2.28. The number of thiophene rings is 1. The predicted molar refractivity (Wildman–Crippen MR) is 75.2 cm³/mol. The molecule has 0 aromatic carbocycles. The Kier molecular flexibility index (Phi) is 3.66. The van der Waals surface area contributed by atoms with Crippen LogP contribution in [0.15, 0.2) is 16.0 Å². The largest absolute Gasteiger partial charge is 0.339 e. The van der Waals surface area contributed by atoms with E-state index in [1.807, 2.05) is 11.3 Å². The summed E-state index contributed by atoms with van der Waals surface area (Å²) in [6, 6.07) is 2.09. The number of aryl methyl sites for hydroxylation is 1. The van der Waals surface area contributed by atoms with Gasteiger partial charge in [0.15, 0.2) is 5.82 Å². The van der Waals surface area contributed by atoms with Crippen LogP contribution < -0.4 is 5.73 Å². The second-order valence-electron chi connectivity index (χ2n) is 5.13. The number of rotatable bonds is 4. The molecule has 0 bridgehead atoms. The Bertz CT molecular complexity index is 548. The van der Waals surface area contributed by atoms with Crippen LogP contribution in [0.3, 0.4) is 0 Å². The summed E-state index contributed by atoms with van der Waals surface area (Å²) in [7, 11) is 0. The summed E-state index contributed by atoms with van der Waals surface area (Å²) in [5, 5.41) is 6.22. The van der Waals surface area contributed by atoms with E-state index in [1.165, 1.54) is 23.3 Å². The molecule has 2 atom stereocenters. The molecule has 2 aromatic rings. The van der Waals surface area contributed by atoms with Crippen molar-refractivity contribution in [2.75, 3.05) is 0 Å². The Morgan fingerprint density at radius 1 is 1.58 bits per heavy atom. The van der Waals surface area contributed by atoms with Gasteiger partial charge < -0.3 is 10.3 Å². The van der Waals surface area contributed by atoms with Crippen molar-refractivity contribution in [1.29, 1.82) is 0 Å². The molecule has 0 aliphatic heterocycles. The van der Waals surface area contributed by atoms with Gasteiger partial charge in [-0.15, -0.1) is 11.3 Å². The van der Waals surface area contributed by atoms with Crippen molar-refractivity contribution in [3.8, 4) is 0 Å². The first-order valence-corrected chi connectivity index (χ1v) is 7.83. The van der Waals surface area contributed by atoms with Crippen LogP contribution in [0, 0.1) is 0 Å². The van der Waals surface area contributed by atoms with Crippen molar-refractivity contribution in [2.45, 2.75) is 51.0 Å². The average Bonchev–Trinajstić information content (AvgIpc) is 3.07. The van der Waals surface area contributed by atoms with E-state index >= 15 is 0 Å². The van der Waals surface area contributed by atoms with Crippen LogP contribution in [-0.2, 0) is 6.42 Å². The predicted octanol–water partition coefficient (Wildman–Crippen LogP) is 3.40. The molecule has 0 saturated heterocycles. The number of nitrogens with two attached hydrogens (primary N) is 1. The molecule has 0 saturated carbocycles. The third kappa shape index (κ3) is 2.44. The van der Waals surface area contributed by atoms with Crippen molar-refractivity contribution in [3.05, 3.63) is 33.6 Å². The minimum atomic E-state index is -0.104. The highest BCUT2D eigenvalue weighted by Crippen LogP contribution is 2.38. The Morgan fingerprint density at radius 3 is 3.32 bits per heavy atom. The fourth-order valence-electron chi connectivity index (χ4n) is 2.72. The smallest absolute Gasteiger partial charge is 0.234 e. The standard InChI is InChI=1S/C14H19N3OS/c1-2-4-11(15)13-16-14(18-17-13)10-5-3-6-12-9(10)7-8-19-12/h7-8,10-11H,2-6,15H2,1H3. The molecular formula is C14H19N3OS. The first-order chi connectivity index (χ1) is 9.29. The molecule has 1 aliphatic carbocycles. The average molecular weight is 277 g/mol. The minimum absolute atomic E-state index is 0.104. The van der Waals surface area contributed by atoms with Crippen LogP contribution in [0.2, 0.25) is 0 Å². The van der Waals surface area contributed by atoms with Crippen LogP contribution in [0.4, 0.5) is 0 Å². The van der Waals surface area contributed by atoms with E-state index in [0.29, 0.717) is 5.82 Å². The molecule has 0 spiro atoms. The normalized spacial score (nSPS) is 20.2. The Morgan fingerprint density at radius 2 is 2.47 bits per heavy atom. The van der Waals surface area contributed by atoms with Gasteiger partial charge in [-0.25, -0.2) is 0 Å². The van der Waals surface area contributed by atoms with E-state index in [-0.39, 0.29) is 12.0 Å². The third-order valence-corrected chi connectivity index (χ3v) is 4.74. The Balaban J connectivity index is 1.84. The molecule has 0 fully saturated rings. The van der Waals surface area contributed by atoms with Crippen molar-refractivity contribution in [2.24, 2.45) is 5.73 Å². The summed E-state index contributed by atoms with van der Waals surface area (Å²) < 4.78 is 5.46. The van der Waals surface area contributed by atoms with Crippen LogP contribution in [-0.4, -0.2) is 10.1 Å². The second-order valence-corrected chi connectivity index (χ2v) is 6.13. The monoisotopic (exact) mass is 277 g/mol. The maximum Gasteiger partial charge on any atom is 0.234 e. The molecule has 2 aromatic heterocycles. The maximum absolute atomic E-state index is 6.04. The molecule has 102 valence electrons. The number of nitrogens with zero attached hydrogens (tertiary/aromatic N) is 2. The van der Waals surface area contributed by atoms with E-state index in [4.69, 9.17) is 10.3 Å². The van der Waals surface area contributed by atoms with Gasteiger partial charge in [0.05, 0.1) is 12.0 Å². The lowest BCUT2D eigenvalue weighted by molar-refractivity contribution is 0.348. The van der Waals surface area contributed by atoms with Gasteiger partial charge in [-0.1, -0.05) is 18.5 Å². The quantitative estimate of drug-likeness (QED) is 0.930. The zero-order chi connectivity index (χ0) is 13.2. The second kappa shape index (κ2) is 5.43. The highest BCUT2D eigenvalue weighted by molar-refractivity contribution is 7.10. The molecule has 1 aliphatic rings. The van der Waals surface area contributed by atoms with Crippen LogP contribution in [0.25, 0.3) is 0 Å². The van der Waals surface area contributed by atoms with Crippen molar-refractivity contribution >= 4 is 11.3 Å². The number of fused-ring (bicyclic) bond motifs is 1. The number of hydrogen-bond donors (Lipinski definition) is 1. The van der Waals surface area contributed by atoms with Crippen LogP contribution in [0.1, 0.15) is 66.7 Å². The van der Waals surface area contributed by atoms with Gasteiger partial charge in [0.2, 0.25) is 5.89 Å². The first-order valence-electron chi connectivity index (χ1n) is 6.95. The van der Waals surface area contributed by atoms with Crippen molar-refractivity contribution < 1.29 is 4.52 Å². The molecule has 2 N–H and O–H groups in total. The number of aromatic nitrogens is 2. The molecule has 2 unspecified atom stereocenters. The van der Waals surface area contributed by atoms with Gasteiger partial charge in [0.1, 0.15) is 0 Å². The van der Waals surface area contributed by atoms with Crippen molar-refractivity contribution in [3.63, 3.8) is 0 Å². The lowest BCUT2D eigenvalue weighted by atomic mass is 9.88. The summed E-state index contributed by atoms with van der Waals surface area (Å²) in [6.45, 7) is 2.11. The molecule has 19 heavy (non-hydrogen) atoms. The molecule has 0 amide bonds. The van der Waals surface area contributed by atoms with Gasteiger partial charge in [0, 0.05) is 4.88 Å². The van der Waals surface area contributed by atoms with E-state index < -0.39 is 0 Å². The van der Waals surface area contributed by atoms with Gasteiger partial charge in [0.25, 0.3) is 0 Å². The zero-order valence-corrected chi connectivity index (χ0v) is 11.9. The van der Waals surface area contributed by atoms with E-state index in [2.05, 4.69) is 28.5 Å².